The number of rotatable bonds is 6. The second kappa shape index (κ2) is 6.07. The summed E-state index contributed by atoms with van der Waals surface area (Å²) in [7, 11) is 2.16. The van der Waals surface area contributed by atoms with E-state index in [4.69, 9.17) is 0 Å². The number of nitrogens with one attached hydrogen (secondary N) is 1. The molecule has 1 atom stereocenters. The average Bonchev–Trinajstić information content (AvgIpc) is 3.19. The molecule has 2 nitrogen and oxygen atoms in total. The van der Waals surface area contributed by atoms with Crippen LogP contribution in [-0.4, -0.2) is 19.1 Å². The van der Waals surface area contributed by atoms with E-state index >= 15 is 0 Å². The molecule has 1 unspecified atom stereocenters. The smallest absolute Gasteiger partial charge is 0.0377 e. The van der Waals surface area contributed by atoms with Crippen LogP contribution in [0.25, 0.3) is 0 Å². The molecule has 1 aliphatic carbocycles. The summed E-state index contributed by atoms with van der Waals surface area (Å²) >= 11 is 3.69. The predicted molar refractivity (Wildman–Crippen MR) is 82.2 cm³/mol. The molecule has 1 saturated carbocycles. The molecule has 0 aliphatic heterocycles. The van der Waals surface area contributed by atoms with Gasteiger partial charge in [0.2, 0.25) is 0 Å². The minimum Gasteiger partial charge on any atom is -0.372 e. The van der Waals surface area contributed by atoms with Crippen molar-refractivity contribution in [1.29, 1.82) is 0 Å². The molecule has 18 heavy (non-hydrogen) atoms. The third kappa shape index (κ3) is 3.48. The van der Waals surface area contributed by atoms with Crippen molar-refractivity contribution in [1.82, 2.24) is 5.32 Å². The number of benzene rings is 1. The predicted octanol–water partition coefficient (Wildman–Crippen LogP) is 3.94. The van der Waals surface area contributed by atoms with Gasteiger partial charge in [0.05, 0.1) is 0 Å². The summed E-state index contributed by atoms with van der Waals surface area (Å²) < 4.78 is 1.21. The molecule has 2 rings (SSSR count). The van der Waals surface area contributed by atoms with Gasteiger partial charge in [-0.3, -0.25) is 0 Å². The highest BCUT2D eigenvalue weighted by atomic mass is 79.9. The third-order valence-electron chi connectivity index (χ3n) is 3.85. The minimum atomic E-state index is 0.576. The number of hydrogen-bond acceptors (Lipinski definition) is 2. The topological polar surface area (TPSA) is 15.3 Å². The lowest BCUT2D eigenvalue weighted by Crippen LogP contribution is -2.28. The van der Waals surface area contributed by atoms with E-state index in [-0.39, 0.29) is 0 Å². The standard InChI is InChI=1S/C15H23BrN2/c1-4-11(2)18(3)14-8-5-12(15(16)9-14)10-17-13-6-7-13/h5,8-9,11,13,17H,4,6-7,10H2,1-3H3. The highest BCUT2D eigenvalue weighted by Crippen LogP contribution is 2.26. The van der Waals surface area contributed by atoms with Gasteiger partial charge < -0.3 is 10.2 Å². The molecule has 0 aromatic heterocycles. The molecule has 0 spiro atoms. The van der Waals surface area contributed by atoms with Crippen LogP contribution in [0.15, 0.2) is 22.7 Å². The van der Waals surface area contributed by atoms with Crippen molar-refractivity contribution in [2.24, 2.45) is 0 Å². The van der Waals surface area contributed by atoms with E-state index in [1.165, 1.54) is 35.0 Å². The SMILES string of the molecule is CCC(C)N(C)c1ccc(CNC2CC2)c(Br)c1. The summed E-state index contributed by atoms with van der Waals surface area (Å²) in [6.45, 7) is 5.46. The first-order valence-electron chi connectivity index (χ1n) is 6.86. The molecule has 1 aromatic rings. The molecule has 3 heteroatoms. The first-order valence-corrected chi connectivity index (χ1v) is 7.65. The van der Waals surface area contributed by atoms with E-state index in [1.807, 2.05) is 0 Å². The van der Waals surface area contributed by atoms with Gasteiger partial charge in [0.25, 0.3) is 0 Å². The average molecular weight is 311 g/mol. The van der Waals surface area contributed by atoms with Crippen molar-refractivity contribution < 1.29 is 0 Å². The fraction of sp³-hybridized carbons (Fsp3) is 0.600. The monoisotopic (exact) mass is 310 g/mol. The summed E-state index contributed by atoms with van der Waals surface area (Å²) in [5, 5.41) is 3.55. The lowest BCUT2D eigenvalue weighted by Gasteiger charge is -2.26. The third-order valence-corrected chi connectivity index (χ3v) is 4.59. The molecule has 0 heterocycles. The Labute approximate surface area is 119 Å². The summed E-state index contributed by atoms with van der Waals surface area (Å²) in [6, 6.07) is 8.02. The molecule has 1 fully saturated rings. The molecular formula is C15H23BrN2. The molecule has 0 saturated heterocycles. The highest BCUT2D eigenvalue weighted by molar-refractivity contribution is 9.10. The Bertz CT molecular complexity index is 401. The van der Waals surface area contributed by atoms with Crippen LogP contribution in [0.3, 0.4) is 0 Å². The summed E-state index contributed by atoms with van der Waals surface area (Å²) in [5.74, 6) is 0. The van der Waals surface area contributed by atoms with Gasteiger partial charge in [-0.15, -0.1) is 0 Å². The fourth-order valence-corrected chi connectivity index (χ4v) is 2.48. The van der Waals surface area contributed by atoms with E-state index in [2.05, 4.69) is 65.2 Å². The molecule has 0 bridgehead atoms. The Balaban J connectivity index is 2.03. The molecule has 100 valence electrons. The number of nitrogens with zero attached hydrogens (tertiary/aromatic N) is 1. The Hall–Kier alpha value is -0.540. The minimum absolute atomic E-state index is 0.576. The van der Waals surface area contributed by atoms with Crippen LogP contribution in [0.4, 0.5) is 5.69 Å². The number of hydrogen-bond donors (Lipinski definition) is 1. The maximum atomic E-state index is 3.69. The van der Waals surface area contributed by atoms with Crippen LogP contribution in [0.1, 0.15) is 38.7 Å². The normalized spacial score (nSPS) is 16.7. The van der Waals surface area contributed by atoms with Gasteiger partial charge in [0, 0.05) is 35.8 Å². The van der Waals surface area contributed by atoms with Gasteiger partial charge in [0.1, 0.15) is 0 Å². The van der Waals surface area contributed by atoms with Crippen LogP contribution < -0.4 is 10.2 Å². The number of halogens is 1. The molecule has 1 aromatic carbocycles. The molecular weight excluding hydrogens is 288 g/mol. The summed E-state index contributed by atoms with van der Waals surface area (Å²) in [6.07, 6.45) is 3.85. The van der Waals surface area contributed by atoms with Gasteiger partial charge in [-0.05, 0) is 43.9 Å². The van der Waals surface area contributed by atoms with Gasteiger partial charge in [-0.2, -0.15) is 0 Å². The first-order chi connectivity index (χ1) is 8.61. The van der Waals surface area contributed by atoms with E-state index in [1.54, 1.807) is 0 Å². The van der Waals surface area contributed by atoms with E-state index in [0.29, 0.717) is 6.04 Å². The van der Waals surface area contributed by atoms with Gasteiger partial charge >= 0.3 is 0 Å². The Morgan fingerprint density at radius 3 is 2.72 bits per heavy atom. The largest absolute Gasteiger partial charge is 0.372 e. The highest BCUT2D eigenvalue weighted by Gasteiger charge is 2.20. The van der Waals surface area contributed by atoms with Gasteiger partial charge in [-0.25, -0.2) is 0 Å². The lowest BCUT2D eigenvalue weighted by atomic mass is 10.1. The van der Waals surface area contributed by atoms with Gasteiger partial charge in [0.15, 0.2) is 0 Å². The van der Waals surface area contributed by atoms with E-state index < -0.39 is 0 Å². The van der Waals surface area contributed by atoms with Gasteiger partial charge in [-0.1, -0.05) is 28.9 Å². The zero-order valence-electron chi connectivity index (χ0n) is 11.5. The molecule has 1 aliphatic rings. The zero-order valence-corrected chi connectivity index (χ0v) is 13.1. The Morgan fingerprint density at radius 2 is 2.17 bits per heavy atom. The van der Waals surface area contributed by atoms with Crippen LogP contribution in [0.5, 0.6) is 0 Å². The number of anilines is 1. The van der Waals surface area contributed by atoms with Crippen molar-refractivity contribution in [2.45, 2.75) is 51.7 Å². The quantitative estimate of drug-likeness (QED) is 0.856. The Kier molecular flexibility index (Phi) is 4.68. The zero-order chi connectivity index (χ0) is 13.1. The van der Waals surface area contributed by atoms with Crippen molar-refractivity contribution in [3.63, 3.8) is 0 Å². The van der Waals surface area contributed by atoms with Crippen LogP contribution in [0, 0.1) is 0 Å². The molecule has 1 N–H and O–H groups in total. The van der Waals surface area contributed by atoms with Crippen LogP contribution in [-0.2, 0) is 6.54 Å². The van der Waals surface area contributed by atoms with Crippen molar-refractivity contribution in [3.8, 4) is 0 Å². The van der Waals surface area contributed by atoms with Crippen molar-refractivity contribution in [3.05, 3.63) is 28.2 Å². The Morgan fingerprint density at radius 1 is 1.44 bits per heavy atom. The first kappa shape index (κ1) is 13.9. The van der Waals surface area contributed by atoms with Crippen molar-refractivity contribution in [2.75, 3.05) is 11.9 Å². The van der Waals surface area contributed by atoms with Crippen LogP contribution >= 0.6 is 15.9 Å². The summed E-state index contributed by atoms with van der Waals surface area (Å²) in [5.41, 5.74) is 2.63. The van der Waals surface area contributed by atoms with E-state index in [0.717, 1.165) is 12.6 Å². The molecule has 0 amide bonds. The van der Waals surface area contributed by atoms with Crippen LogP contribution in [0.2, 0.25) is 0 Å². The second-order valence-electron chi connectivity index (χ2n) is 5.30. The maximum Gasteiger partial charge on any atom is 0.0377 e. The lowest BCUT2D eigenvalue weighted by molar-refractivity contribution is 0.662. The van der Waals surface area contributed by atoms with Crippen molar-refractivity contribution >= 4 is 21.6 Å². The van der Waals surface area contributed by atoms with E-state index in [9.17, 15) is 0 Å². The summed E-state index contributed by atoms with van der Waals surface area (Å²) in [4.78, 5) is 2.34. The fourth-order valence-electron chi connectivity index (χ4n) is 1.97. The second-order valence-corrected chi connectivity index (χ2v) is 6.15. The molecule has 0 radical (unpaired) electrons. The maximum absolute atomic E-state index is 3.69.